The molecule has 152 valence electrons. The minimum Gasteiger partial charge on any atom is -0.296 e. The second kappa shape index (κ2) is 8.86. The maximum atomic E-state index is 12.4. The molecular weight excluding hydrogens is 392 g/mol. The predicted molar refractivity (Wildman–Crippen MR) is 125 cm³/mol. The van der Waals surface area contributed by atoms with Crippen molar-refractivity contribution in [3.05, 3.63) is 118 Å². The normalized spacial score (nSPS) is 21.6. The zero-order chi connectivity index (χ0) is 21.1. The first-order valence-corrected chi connectivity index (χ1v) is 10.8. The van der Waals surface area contributed by atoms with Crippen LogP contribution in [0.1, 0.15) is 21.9 Å². The molecule has 5 heteroatoms. The van der Waals surface area contributed by atoms with Gasteiger partial charge in [0.1, 0.15) is 11.3 Å². The lowest BCUT2D eigenvalue weighted by Gasteiger charge is -2.39. The van der Waals surface area contributed by atoms with Gasteiger partial charge in [0.15, 0.2) is 0 Å². The second-order valence-corrected chi connectivity index (χ2v) is 8.76. The highest BCUT2D eigenvalue weighted by atomic mass is 32.2. The number of nitrogens with zero attached hydrogens (tertiary/aromatic N) is 2. The van der Waals surface area contributed by atoms with Crippen LogP contribution in [0, 0.1) is 10.1 Å². The predicted octanol–water partition coefficient (Wildman–Crippen LogP) is 5.62. The first-order valence-electron chi connectivity index (χ1n) is 9.94. The van der Waals surface area contributed by atoms with Crippen molar-refractivity contribution in [3.8, 4) is 0 Å². The van der Waals surface area contributed by atoms with E-state index >= 15 is 0 Å². The van der Waals surface area contributed by atoms with Crippen LogP contribution in [-0.4, -0.2) is 36.0 Å². The fourth-order valence-electron chi connectivity index (χ4n) is 4.16. The number of benzene rings is 3. The summed E-state index contributed by atoms with van der Waals surface area (Å²) >= 11 is 1.61. The molecule has 0 saturated heterocycles. The van der Waals surface area contributed by atoms with Crippen molar-refractivity contribution in [2.75, 3.05) is 14.1 Å². The van der Waals surface area contributed by atoms with Crippen LogP contribution in [0.5, 0.6) is 0 Å². The SMILES string of the molecule is CN(C)[C@H]1C(c2ccccc2)=C(c2ccccc2)S[C@@H](c2ccccc2)[C@@H]1[N+](=O)[O-]. The maximum absolute atomic E-state index is 12.4. The van der Waals surface area contributed by atoms with Crippen LogP contribution in [0.3, 0.4) is 0 Å². The van der Waals surface area contributed by atoms with E-state index in [-0.39, 0.29) is 16.2 Å². The van der Waals surface area contributed by atoms with E-state index in [1.54, 1.807) is 11.8 Å². The lowest BCUT2D eigenvalue weighted by Crippen LogP contribution is -2.48. The molecule has 3 aromatic carbocycles. The Morgan fingerprint density at radius 3 is 1.80 bits per heavy atom. The molecule has 0 fully saturated rings. The van der Waals surface area contributed by atoms with Crippen LogP contribution in [0.4, 0.5) is 0 Å². The fraction of sp³-hybridized carbons (Fsp3) is 0.200. The number of thioether (sulfide) groups is 1. The zero-order valence-corrected chi connectivity index (χ0v) is 17.8. The summed E-state index contributed by atoms with van der Waals surface area (Å²) in [6, 6.07) is 29.0. The number of nitro groups is 1. The Kier molecular flexibility index (Phi) is 6.02. The Bertz CT molecular complexity index is 1040. The van der Waals surface area contributed by atoms with Crippen molar-refractivity contribution in [2.24, 2.45) is 0 Å². The highest BCUT2D eigenvalue weighted by Crippen LogP contribution is 2.53. The Labute approximate surface area is 181 Å². The fourth-order valence-corrected chi connectivity index (χ4v) is 5.73. The van der Waals surface area contributed by atoms with Gasteiger partial charge in [-0.3, -0.25) is 15.0 Å². The third-order valence-corrected chi connectivity index (χ3v) is 6.96. The minimum atomic E-state index is -0.768. The van der Waals surface area contributed by atoms with E-state index < -0.39 is 6.04 Å². The van der Waals surface area contributed by atoms with Gasteiger partial charge in [-0.25, -0.2) is 0 Å². The van der Waals surface area contributed by atoms with Crippen LogP contribution in [0.15, 0.2) is 91.0 Å². The van der Waals surface area contributed by atoms with Gasteiger partial charge in [0.2, 0.25) is 6.04 Å². The second-order valence-electron chi connectivity index (χ2n) is 7.61. The lowest BCUT2D eigenvalue weighted by atomic mass is 9.86. The molecule has 30 heavy (non-hydrogen) atoms. The standard InChI is InChI=1S/C25H24N2O2S/c1-26(2)22-21(18-12-6-3-7-13-18)24(19-14-8-4-9-15-19)30-25(23(22)27(28)29)20-16-10-5-11-17-20/h3-17,22-23,25H,1-2H3/t22-,23+,25-/m0/s1. The van der Waals surface area contributed by atoms with Crippen molar-refractivity contribution >= 4 is 22.2 Å². The van der Waals surface area contributed by atoms with E-state index in [2.05, 4.69) is 24.3 Å². The van der Waals surface area contributed by atoms with Crippen LogP contribution in [-0.2, 0) is 0 Å². The van der Waals surface area contributed by atoms with Crippen LogP contribution < -0.4 is 0 Å². The molecule has 4 rings (SSSR count). The molecule has 1 aliphatic heterocycles. The zero-order valence-electron chi connectivity index (χ0n) is 17.0. The monoisotopic (exact) mass is 416 g/mol. The van der Waals surface area contributed by atoms with E-state index in [0.717, 1.165) is 27.2 Å². The summed E-state index contributed by atoms with van der Waals surface area (Å²) in [7, 11) is 3.87. The van der Waals surface area contributed by atoms with Gasteiger partial charge >= 0.3 is 0 Å². The molecule has 0 saturated carbocycles. The summed E-state index contributed by atoms with van der Waals surface area (Å²) in [6.07, 6.45) is 0. The molecule has 4 nitrogen and oxygen atoms in total. The Morgan fingerprint density at radius 1 is 0.800 bits per heavy atom. The largest absolute Gasteiger partial charge is 0.296 e. The molecule has 0 aromatic heterocycles. The van der Waals surface area contributed by atoms with Gasteiger partial charge in [-0.1, -0.05) is 91.0 Å². The lowest BCUT2D eigenvalue weighted by molar-refractivity contribution is -0.527. The molecule has 0 bridgehead atoms. The summed E-state index contributed by atoms with van der Waals surface area (Å²) < 4.78 is 0. The average Bonchev–Trinajstić information content (AvgIpc) is 2.79. The van der Waals surface area contributed by atoms with Crippen molar-refractivity contribution in [3.63, 3.8) is 0 Å². The summed E-state index contributed by atoms with van der Waals surface area (Å²) in [4.78, 5) is 15.4. The van der Waals surface area contributed by atoms with Gasteiger partial charge in [-0.05, 0) is 36.4 Å². The molecule has 0 spiro atoms. The van der Waals surface area contributed by atoms with Gasteiger partial charge < -0.3 is 0 Å². The first-order chi connectivity index (χ1) is 14.6. The molecule has 1 heterocycles. The maximum Gasteiger partial charge on any atom is 0.248 e. The topological polar surface area (TPSA) is 46.4 Å². The summed E-state index contributed by atoms with van der Waals surface area (Å²) in [5.41, 5.74) is 4.12. The first kappa shape index (κ1) is 20.4. The third-order valence-electron chi connectivity index (χ3n) is 5.47. The molecule has 1 aliphatic rings. The number of hydrogen-bond acceptors (Lipinski definition) is 4. The van der Waals surface area contributed by atoms with E-state index in [4.69, 9.17) is 0 Å². The van der Waals surface area contributed by atoms with Crippen molar-refractivity contribution in [2.45, 2.75) is 17.3 Å². The van der Waals surface area contributed by atoms with E-state index in [1.807, 2.05) is 85.7 Å². The quantitative estimate of drug-likeness (QED) is 0.400. The highest BCUT2D eigenvalue weighted by Gasteiger charge is 2.49. The average molecular weight is 417 g/mol. The van der Waals surface area contributed by atoms with E-state index in [9.17, 15) is 10.1 Å². The van der Waals surface area contributed by atoms with Gasteiger partial charge in [0, 0.05) is 9.83 Å². The van der Waals surface area contributed by atoms with Crippen LogP contribution in [0.2, 0.25) is 0 Å². The molecule has 3 aromatic rings. The Hall–Kier alpha value is -2.89. The summed E-state index contributed by atoms with van der Waals surface area (Å²) in [6.45, 7) is 0. The van der Waals surface area contributed by atoms with Crippen LogP contribution in [0.25, 0.3) is 10.5 Å². The third kappa shape index (κ3) is 3.91. The van der Waals surface area contributed by atoms with Gasteiger partial charge in [0.25, 0.3) is 0 Å². The smallest absolute Gasteiger partial charge is 0.248 e. The number of rotatable bonds is 5. The minimum absolute atomic E-state index is 0.0972. The Balaban J connectivity index is 1.99. The molecule has 0 radical (unpaired) electrons. The van der Waals surface area contributed by atoms with Gasteiger partial charge in [-0.15, -0.1) is 11.8 Å². The van der Waals surface area contributed by atoms with Crippen molar-refractivity contribution in [1.82, 2.24) is 4.90 Å². The molecule has 0 unspecified atom stereocenters. The van der Waals surface area contributed by atoms with Crippen LogP contribution >= 0.6 is 11.8 Å². The summed E-state index contributed by atoms with van der Waals surface area (Å²) in [5, 5.41) is 12.1. The molecule has 0 amide bonds. The highest BCUT2D eigenvalue weighted by molar-refractivity contribution is 8.08. The number of hydrogen-bond donors (Lipinski definition) is 0. The van der Waals surface area contributed by atoms with Gasteiger partial charge in [0.05, 0.1) is 0 Å². The molecule has 3 atom stereocenters. The van der Waals surface area contributed by atoms with Crippen molar-refractivity contribution in [1.29, 1.82) is 0 Å². The Morgan fingerprint density at radius 2 is 1.30 bits per heavy atom. The van der Waals surface area contributed by atoms with E-state index in [1.165, 1.54) is 0 Å². The van der Waals surface area contributed by atoms with Gasteiger partial charge in [-0.2, -0.15) is 0 Å². The van der Waals surface area contributed by atoms with E-state index in [0.29, 0.717) is 0 Å². The number of likely N-dealkylation sites (N-methyl/N-ethyl adjacent to an activating group) is 1. The van der Waals surface area contributed by atoms with Crippen molar-refractivity contribution < 1.29 is 4.92 Å². The summed E-state index contributed by atoms with van der Waals surface area (Å²) in [5.74, 6) is 0. The molecular formula is C25H24N2O2S. The molecule has 0 aliphatic carbocycles. The molecule has 0 N–H and O–H groups in total.